The number of unbranched alkanes of at least 4 members (excludes halogenated alkanes) is 1. The fraction of sp³-hybridized carbons (Fsp3) is 0.174. The van der Waals surface area contributed by atoms with Crippen LogP contribution in [0.5, 0.6) is 0 Å². The molecular weight excluding hydrogens is 419 g/mol. The smallest absolute Gasteiger partial charge is 0.303 e. The van der Waals surface area contributed by atoms with Gasteiger partial charge in [0.1, 0.15) is 0 Å². The van der Waals surface area contributed by atoms with Crippen LogP contribution in [-0.2, 0) is 4.79 Å². The normalized spacial score (nSPS) is 10.8. The molecule has 0 spiro atoms. The maximum atomic E-state index is 10.9. The van der Waals surface area contributed by atoms with Crippen molar-refractivity contribution in [3.63, 3.8) is 0 Å². The number of hydrogen-bond acceptors (Lipinski definition) is 1. The molecule has 0 aliphatic heterocycles. The quantitative estimate of drug-likeness (QED) is 0.400. The Hall–Kier alpha value is -1.96. The van der Waals surface area contributed by atoms with Crippen molar-refractivity contribution >= 4 is 46.1 Å². The number of carboxylic acid groups (broad SMARTS) is 1. The molecule has 0 unspecified atom stereocenters. The van der Waals surface area contributed by atoms with Crippen molar-refractivity contribution in [1.82, 2.24) is 0 Å². The molecule has 3 aromatic carbocycles. The Morgan fingerprint density at radius 3 is 1.37 bits per heavy atom. The SMILES string of the molecule is Br.O=C(O)CCCC[P](c1ccccc1)(c1ccccc1)c1ccccc1. The van der Waals surface area contributed by atoms with Crippen LogP contribution in [0.25, 0.3) is 0 Å². The highest BCUT2D eigenvalue weighted by Gasteiger charge is 2.33. The number of benzene rings is 3. The Morgan fingerprint density at radius 2 is 1.04 bits per heavy atom. The minimum Gasteiger partial charge on any atom is -0.481 e. The molecule has 0 fully saturated rings. The predicted octanol–water partition coefficient (Wildman–Crippen LogP) is 4.81. The number of rotatable bonds is 8. The Kier molecular flexibility index (Phi) is 8.22. The van der Waals surface area contributed by atoms with Gasteiger partial charge in [-0.25, -0.2) is 0 Å². The molecule has 0 aromatic heterocycles. The molecule has 3 rings (SSSR count). The predicted molar refractivity (Wildman–Crippen MR) is 122 cm³/mol. The lowest BCUT2D eigenvalue weighted by atomic mass is 10.2. The largest absolute Gasteiger partial charge is 0.481 e. The van der Waals surface area contributed by atoms with E-state index in [0.29, 0.717) is 6.42 Å². The molecule has 0 saturated heterocycles. The van der Waals surface area contributed by atoms with Gasteiger partial charge in [0.15, 0.2) is 0 Å². The molecule has 0 atom stereocenters. The highest BCUT2D eigenvalue weighted by molar-refractivity contribution is 8.93. The van der Waals surface area contributed by atoms with E-state index in [1.54, 1.807) is 0 Å². The Bertz CT molecular complexity index is 726. The molecule has 4 heteroatoms. The van der Waals surface area contributed by atoms with E-state index in [2.05, 4.69) is 91.0 Å². The van der Waals surface area contributed by atoms with Crippen LogP contribution in [0.2, 0.25) is 0 Å². The number of carbonyl (C=O) groups is 1. The summed E-state index contributed by atoms with van der Waals surface area (Å²) in [7, 11) is -1.81. The van der Waals surface area contributed by atoms with Crippen LogP contribution in [0.4, 0.5) is 0 Å². The van der Waals surface area contributed by atoms with Gasteiger partial charge in [-0.3, -0.25) is 4.79 Å². The third-order valence-electron chi connectivity index (χ3n) is 4.73. The van der Waals surface area contributed by atoms with Crippen molar-refractivity contribution in [2.24, 2.45) is 0 Å². The lowest BCUT2D eigenvalue weighted by Crippen LogP contribution is -2.33. The molecular formula is C23H25BrO2P. The maximum Gasteiger partial charge on any atom is 0.303 e. The zero-order chi connectivity index (χ0) is 18.2. The summed E-state index contributed by atoms with van der Waals surface area (Å²) in [6, 6.07) is 32.2. The molecule has 3 aromatic rings. The average molecular weight is 444 g/mol. The van der Waals surface area contributed by atoms with Crippen LogP contribution in [-0.4, -0.2) is 17.2 Å². The maximum absolute atomic E-state index is 10.9. The Balaban J connectivity index is 0.00000261. The van der Waals surface area contributed by atoms with Gasteiger partial charge in [0.2, 0.25) is 0 Å². The van der Waals surface area contributed by atoms with Gasteiger partial charge < -0.3 is 5.11 Å². The summed E-state index contributed by atoms with van der Waals surface area (Å²) < 4.78 is 0. The molecule has 27 heavy (non-hydrogen) atoms. The zero-order valence-corrected chi connectivity index (χ0v) is 17.8. The molecule has 2 nitrogen and oxygen atoms in total. The van der Waals surface area contributed by atoms with Gasteiger partial charge in [0.05, 0.1) is 0 Å². The Labute approximate surface area is 172 Å². The topological polar surface area (TPSA) is 37.3 Å². The number of halogens is 1. The van der Waals surface area contributed by atoms with E-state index >= 15 is 0 Å². The van der Waals surface area contributed by atoms with Crippen molar-refractivity contribution in [3.05, 3.63) is 91.0 Å². The molecule has 0 aliphatic carbocycles. The fourth-order valence-corrected chi connectivity index (χ4v) is 7.92. The van der Waals surface area contributed by atoms with Gasteiger partial charge in [-0.1, -0.05) is 91.0 Å². The molecule has 0 heterocycles. The fourth-order valence-electron chi connectivity index (χ4n) is 3.51. The van der Waals surface area contributed by atoms with E-state index in [0.717, 1.165) is 12.6 Å². The lowest BCUT2D eigenvalue weighted by Gasteiger charge is -2.38. The molecule has 1 radical (unpaired) electrons. The zero-order valence-electron chi connectivity index (χ0n) is 15.2. The van der Waals surface area contributed by atoms with Crippen LogP contribution in [0.3, 0.4) is 0 Å². The van der Waals surface area contributed by atoms with Crippen LogP contribution in [0.15, 0.2) is 91.0 Å². The second kappa shape index (κ2) is 10.4. The van der Waals surface area contributed by atoms with Crippen molar-refractivity contribution in [3.8, 4) is 0 Å². The van der Waals surface area contributed by atoms with Gasteiger partial charge in [-0.2, -0.15) is 0 Å². The summed E-state index contributed by atoms with van der Waals surface area (Å²) in [5, 5.41) is 13.1. The first-order valence-electron chi connectivity index (χ1n) is 9.00. The van der Waals surface area contributed by atoms with E-state index in [4.69, 9.17) is 5.11 Å². The lowest BCUT2D eigenvalue weighted by molar-refractivity contribution is -0.137. The molecule has 0 saturated carbocycles. The highest BCUT2D eigenvalue weighted by Crippen LogP contribution is 2.55. The second-order valence-electron chi connectivity index (χ2n) is 6.39. The highest BCUT2D eigenvalue weighted by atomic mass is 79.9. The summed E-state index contributed by atoms with van der Waals surface area (Å²) in [6.07, 6.45) is 2.83. The van der Waals surface area contributed by atoms with E-state index in [1.807, 2.05) is 0 Å². The van der Waals surface area contributed by atoms with E-state index in [9.17, 15) is 4.79 Å². The number of hydrogen-bond donors (Lipinski definition) is 1. The van der Waals surface area contributed by atoms with Crippen LogP contribution < -0.4 is 15.9 Å². The standard InChI is InChI=1S/C23H24O2P.BrH/c24-23(25)18-10-11-19-26(20-12-4-1-5-13-20,21-14-6-2-7-15-21)22-16-8-3-9-17-22;/h1-9,12-17H,10-11,18-19H2,(H,24,25);1H. The van der Waals surface area contributed by atoms with E-state index < -0.39 is 13.2 Å². The summed E-state index contributed by atoms with van der Waals surface area (Å²) in [5.74, 6) is -0.715. The van der Waals surface area contributed by atoms with Crippen LogP contribution in [0.1, 0.15) is 19.3 Å². The summed E-state index contributed by atoms with van der Waals surface area (Å²) in [5.41, 5.74) is 0. The monoisotopic (exact) mass is 443 g/mol. The van der Waals surface area contributed by atoms with Crippen molar-refractivity contribution in [1.29, 1.82) is 0 Å². The molecule has 0 amide bonds. The summed E-state index contributed by atoms with van der Waals surface area (Å²) in [4.78, 5) is 10.9. The molecule has 141 valence electrons. The minimum atomic E-state index is -1.81. The van der Waals surface area contributed by atoms with Crippen LogP contribution in [0, 0.1) is 0 Å². The Morgan fingerprint density at radius 1 is 0.667 bits per heavy atom. The van der Waals surface area contributed by atoms with Crippen molar-refractivity contribution < 1.29 is 9.90 Å². The van der Waals surface area contributed by atoms with Gasteiger partial charge in [-0.05, 0) is 42.2 Å². The van der Waals surface area contributed by atoms with Gasteiger partial charge in [0.25, 0.3) is 0 Å². The number of aliphatic carboxylic acids is 1. The van der Waals surface area contributed by atoms with Crippen molar-refractivity contribution in [2.45, 2.75) is 19.3 Å². The first-order valence-corrected chi connectivity index (χ1v) is 11.0. The average Bonchev–Trinajstić information content (AvgIpc) is 2.70. The van der Waals surface area contributed by atoms with Gasteiger partial charge >= 0.3 is 5.97 Å². The third kappa shape index (κ3) is 5.06. The number of carboxylic acids is 1. The molecule has 0 aliphatic rings. The summed E-state index contributed by atoms with van der Waals surface area (Å²) in [6.45, 7) is 0. The minimum absolute atomic E-state index is 0. The van der Waals surface area contributed by atoms with Gasteiger partial charge in [0, 0.05) is 6.42 Å². The van der Waals surface area contributed by atoms with Crippen LogP contribution >= 0.6 is 24.2 Å². The first-order chi connectivity index (χ1) is 12.7. The molecule has 1 N–H and O–H groups in total. The van der Waals surface area contributed by atoms with E-state index in [-0.39, 0.29) is 23.4 Å². The van der Waals surface area contributed by atoms with Gasteiger partial charge in [-0.15, -0.1) is 17.0 Å². The first kappa shape index (κ1) is 21.3. The second-order valence-corrected chi connectivity index (χ2v) is 10.0. The third-order valence-corrected chi connectivity index (χ3v) is 9.25. The summed E-state index contributed by atoms with van der Waals surface area (Å²) >= 11 is 0. The van der Waals surface area contributed by atoms with Crippen molar-refractivity contribution in [2.75, 3.05) is 6.16 Å². The van der Waals surface area contributed by atoms with E-state index in [1.165, 1.54) is 15.9 Å². The molecule has 0 bridgehead atoms.